The Morgan fingerprint density at radius 2 is 1.84 bits per heavy atom. The first kappa shape index (κ1) is 18.8. The third-order valence-electron chi connectivity index (χ3n) is 3.61. The minimum absolute atomic E-state index is 0.157. The third-order valence-corrected chi connectivity index (χ3v) is 4.22. The van der Waals surface area contributed by atoms with E-state index in [1.165, 1.54) is 0 Å². The maximum atomic E-state index is 12.7. The third kappa shape index (κ3) is 5.49. The first-order valence-electron chi connectivity index (χ1n) is 7.82. The second-order valence-electron chi connectivity index (χ2n) is 5.62. The molecule has 0 aliphatic carbocycles. The molecule has 7 heteroatoms. The van der Waals surface area contributed by atoms with Crippen molar-refractivity contribution in [1.82, 2.24) is 4.90 Å². The summed E-state index contributed by atoms with van der Waals surface area (Å²) in [6.07, 6.45) is 1.07. The Morgan fingerprint density at radius 1 is 1.16 bits per heavy atom. The van der Waals surface area contributed by atoms with Gasteiger partial charge in [0.15, 0.2) is 0 Å². The highest BCUT2D eigenvalue weighted by molar-refractivity contribution is 7.92. The summed E-state index contributed by atoms with van der Waals surface area (Å²) in [6, 6.07) is 14.0. The van der Waals surface area contributed by atoms with Crippen LogP contribution >= 0.6 is 0 Å². The summed E-state index contributed by atoms with van der Waals surface area (Å²) < 4.78 is 30.2. The van der Waals surface area contributed by atoms with Gasteiger partial charge in [0.25, 0.3) is 5.91 Å². The molecule has 0 unspecified atom stereocenters. The predicted octanol–water partition coefficient (Wildman–Crippen LogP) is 2.73. The van der Waals surface area contributed by atoms with Gasteiger partial charge in [-0.15, -0.1) is 0 Å². The van der Waals surface area contributed by atoms with Crippen LogP contribution in [0.1, 0.15) is 22.8 Å². The van der Waals surface area contributed by atoms with Crippen molar-refractivity contribution in [2.75, 3.05) is 24.6 Å². The van der Waals surface area contributed by atoms with E-state index in [1.807, 2.05) is 31.2 Å². The number of ether oxygens (including phenoxy) is 1. The molecule has 0 aliphatic rings. The van der Waals surface area contributed by atoms with Crippen LogP contribution in [0.5, 0.6) is 5.75 Å². The van der Waals surface area contributed by atoms with Gasteiger partial charge in [-0.05, 0) is 42.8 Å². The van der Waals surface area contributed by atoms with Gasteiger partial charge in [0.2, 0.25) is 10.0 Å². The minimum atomic E-state index is -3.39. The summed E-state index contributed by atoms with van der Waals surface area (Å²) >= 11 is 0. The van der Waals surface area contributed by atoms with Crippen molar-refractivity contribution in [3.63, 3.8) is 0 Å². The van der Waals surface area contributed by atoms with Gasteiger partial charge in [-0.25, -0.2) is 8.42 Å². The number of nitrogens with one attached hydrogen (secondary N) is 1. The first-order chi connectivity index (χ1) is 11.8. The lowest BCUT2D eigenvalue weighted by Gasteiger charge is -2.21. The van der Waals surface area contributed by atoms with Crippen LogP contribution in [0.25, 0.3) is 0 Å². The Labute approximate surface area is 148 Å². The first-order valence-corrected chi connectivity index (χ1v) is 9.71. The molecule has 2 aromatic rings. The average Bonchev–Trinajstić information content (AvgIpc) is 2.58. The highest BCUT2D eigenvalue weighted by atomic mass is 32.2. The van der Waals surface area contributed by atoms with Gasteiger partial charge in [0.05, 0.1) is 13.4 Å². The van der Waals surface area contributed by atoms with Crippen molar-refractivity contribution in [3.8, 4) is 5.75 Å². The molecule has 0 bridgehead atoms. The predicted molar refractivity (Wildman–Crippen MR) is 98.3 cm³/mol. The van der Waals surface area contributed by atoms with Gasteiger partial charge < -0.3 is 9.64 Å². The van der Waals surface area contributed by atoms with Crippen LogP contribution in [0.15, 0.2) is 48.5 Å². The van der Waals surface area contributed by atoms with Crippen molar-refractivity contribution >= 4 is 21.6 Å². The Morgan fingerprint density at radius 3 is 2.40 bits per heavy atom. The number of amides is 1. The molecule has 0 aliphatic heterocycles. The monoisotopic (exact) mass is 362 g/mol. The number of anilines is 1. The molecule has 0 aromatic heterocycles. The normalized spacial score (nSPS) is 11.0. The van der Waals surface area contributed by atoms with Crippen LogP contribution in [0.3, 0.4) is 0 Å². The molecule has 1 N–H and O–H groups in total. The van der Waals surface area contributed by atoms with E-state index in [0.717, 1.165) is 17.6 Å². The van der Waals surface area contributed by atoms with Crippen molar-refractivity contribution in [2.45, 2.75) is 13.5 Å². The fourth-order valence-electron chi connectivity index (χ4n) is 2.39. The highest BCUT2D eigenvalue weighted by Gasteiger charge is 2.15. The molecule has 0 saturated carbocycles. The summed E-state index contributed by atoms with van der Waals surface area (Å²) in [5.41, 5.74) is 1.79. The summed E-state index contributed by atoms with van der Waals surface area (Å²) in [6.45, 7) is 2.90. The van der Waals surface area contributed by atoms with Crippen molar-refractivity contribution < 1.29 is 17.9 Å². The number of carbonyl (C=O) groups is 1. The number of methoxy groups -OCH3 is 1. The van der Waals surface area contributed by atoms with Gasteiger partial charge in [-0.3, -0.25) is 9.52 Å². The number of nitrogens with zero attached hydrogens (tertiary/aromatic N) is 1. The molecule has 0 spiro atoms. The van der Waals surface area contributed by atoms with Gasteiger partial charge in [0, 0.05) is 24.3 Å². The largest absolute Gasteiger partial charge is 0.497 e. The average molecular weight is 362 g/mol. The van der Waals surface area contributed by atoms with E-state index in [0.29, 0.717) is 24.3 Å². The Kier molecular flexibility index (Phi) is 6.03. The lowest BCUT2D eigenvalue weighted by atomic mass is 10.1. The van der Waals surface area contributed by atoms with Crippen LogP contribution < -0.4 is 9.46 Å². The molecule has 0 heterocycles. The molecule has 6 nitrogen and oxygen atoms in total. The van der Waals surface area contributed by atoms with Crippen LogP contribution in [0, 0.1) is 0 Å². The van der Waals surface area contributed by atoms with Gasteiger partial charge in [-0.1, -0.05) is 18.2 Å². The topological polar surface area (TPSA) is 75.7 Å². The lowest BCUT2D eigenvalue weighted by molar-refractivity contribution is 0.0752. The van der Waals surface area contributed by atoms with E-state index in [1.54, 1.807) is 36.3 Å². The standard InChI is InChI=1S/C18H22N2O4S/c1-4-20(13-14-8-10-17(24-2)11-9-14)18(21)15-6-5-7-16(12-15)19-25(3,22)23/h5-12,19H,4,13H2,1-3H3. The summed E-state index contributed by atoms with van der Waals surface area (Å²) in [4.78, 5) is 14.4. The van der Waals surface area contributed by atoms with E-state index < -0.39 is 10.0 Å². The lowest BCUT2D eigenvalue weighted by Crippen LogP contribution is -2.30. The maximum absolute atomic E-state index is 12.7. The number of carbonyl (C=O) groups excluding carboxylic acids is 1. The van der Waals surface area contributed by atoms with Crippen LogP contribution in [0.2, 0.25) is 0 Å². The van der Waals surface area contributed by atoms with E-state index in [2.05, 4.69) is 4.72 Å². The quantitative estimate of drug-likeness (QED) is 0.822. The Bertz CT molecular complexity index is 832. The second-order valence-corrected chi connectivity index (χ2v) is 7.37. The van der Waals surface area contributed by atoms with E-state index >= 15 is 0 Å². The number of benzene rings is 2. The molecule has 25 heavy (non-hydrogen) atoms. The van der Waals surface area contributed by atoms with Gasteiger partial charge >= 0.3 is 0 Å². The Balaban J connectivity index is 2.17. The summed E-state index contributed by atoms with van der Waals surface area (Å²) in [7, 11) is -1.78. The smallest absolute Gasteiger partial charge is 0.254 e. The molecule has 134 valence electrons. The molecule has 0 radical (unpaired) electrons. The number of hydrogen-bond donors (Lipinski definition) is 1. The second kappa shape index (κ2) is 8.02. The van der Waals surface area contributed by atoms with E-state index in [9.17, 15) is 13.2 Å². The zero-order valence-corrected chi connectivity index (χ0v) is 15.3. The zero-order valence-electron chi connectivity index (χ0n) is 14.5. The van der Waals surface area contributed by atoms with Crippen molar-refractivity contribution in [2.24, 2.45) is 0 Å². The van der Waals surface area contributed by atoms with Crippen molar-refractivity contribution in [3.05, 3.63) is 59.7 Å². The number of sulfonamides is 1. The summed E-state index contributed by atoms with van der Waals surface area (Å²) in [5, 5.41) is 0. The Hall–Kier alpha value is -2.54. The van der Waals surface area contributed by atoms with Gasteiger partial charge in [-0.2, -0.15) is 0 Å². The molecule has 0 saturated heterocycles. The zero-order chi connectivity index (χ0) is 18.4. The van der Waals surface area contributed by atoms with Gasteiger partial charge in [0.1, 0.15) is 5.75 Å². The summed E-state index contributed by atoms with van der Waals surface area (Å²) in [5.74, 6) is 0.605. The van der Waals surface area contributed by atoms with Crippen LogP contribution in [0.4, 0.5) is 5.69 Å². The molecular formula is C18H22N2O4S. The fraction of sp³-hybridized carbons (Fsp3) is 0.278. The minimum Gasteiger partial charge on any atom is -0.497 e. The fourth-order valence-corrected chi connectivity index (χ4v) is 2.95. The van der Waals surface area contributed by atoms with E-state index in [-0.39, 0.29) is 5.91 Å². The van der Waals surface area contributed by atoms with Crippen molar-refractivity contribution in [1.29, 1.82) is 0 Å². The number of hydrogen-bond acceptors (Lipinski definition) is 4. The molecular weight excluding hydrogens is 340 g/mol. The molecule has 0 atom stereocenters. The molecule has 2 aromatic carbocycles. The highest BCUT2D eigenvalue weighted by Crippen LogP contribution is 2.17. The number of rotatable bonds is 7. The van der Waals surface area contributed by atoms with Crippen LogP contribution in [-0.2, 0) is 16.6 Å². The molecule has 0 fully saturated rings. The molecule has 2 rings (SSSR count). The molecule has 1 amide bonds. The maximum Gasteiger partial charge on any atom is 0.254 e. The SMILES string of the molecule is CCN(Cc1ccc(OC)cc1)C(=O)c1cccc(NS(C)(=O)=O)c1. The van der Waals surface area contributed by atoms with Crippen LogP contribution in [-0.4, -0.2) is 39.1 Å². The van der Waals surface area contributed by atoms with E-state index in [4.69, 9.17) is 4.74 Å².